The molecule has 4 aliphatic carbocycles. The van der Waals surface area contributed by atoms with Crippen molar-refractivity contribution in [3.05, 3.63) is 65.7 Å². The maximum Gasteiger partial charge on any atom is 0.257 e. The minimum absolute atomic E-state index is 0.0532. The molecule has 5 heteroatoms. The number of carbonyl (C=O) groups excluding carboxylic acids is 3. The second-order valence-electron chi connectivity index (χ2n) is 11.2. The minimum Gasteiger partial charge on any atom is -0.325 e. The Kier molecular flexibility index (Phi) is 5.12. The summed E-state index contributed by atoms with van der Waals surface area (Å²) in [6.45, 7) is 2.35. The smallest absolute Gasteiger partial charge is 0.257 e. The summed E-state index contributed by atoms with van der Waals surface area (Å²) in [5.41, 5.74) is 2.30. The van der Waals surface area contributed by atoms with Gasteiger partial charge in [0.1, 0.15) is 6.04 Å². The van der Waals surface area contributed by atoms with E-state index in [1.165, 1.54) is 24.2 Å². The summed E-state index contributed by atoms with van der Waals surface area (Å²) in [5.74, 6) is 1.52. The van der Waals surface area contributed by atoms with E-state index in [1.807, 2.05) is 61.5 Å². The van der Waals surface area contributed by atoms with Crippen LogP contribution < -0.4 is 4.90 Å². The monoisotopic (exact) mass is 456 g/mol. The summed E-state index contributed by atoms with van der Waals surface area (Å²) >= 11 is 0. The highest BCUT2D eigenvalue weighted by atomic mass is 16.2. The SMILES string of the molecule is Cc1ccc(N2C(=O)CC(N(Cc3ccccc3)C(=O)C34CC5CC(CC(C5)C3)C4)C2=O)cc1. The third kappa shape index (κ3) is 3.57. The van der Waals surface area contributed by atoms with Crippen molar-refractivity contribution in [1.29, 1.82) is 0 Å². The molecule has 0 aromatic heterocycles. The molecule has 4 bridgehead atoms. The summed E-state index contributed by atoms with van der Waals surface area (Å²) in [6.07, 6.45) is 6.66. The Bertz CT molecular complexity index is 1090. The van der Waals surface area contributed by atoms with Crippen LogP contribution in [0, 0.1) is 30.1 Å². The maximum absolute atomic E-state index is 14.4. The van der Waals surface area contributed by atoms with E-state index in [0.717, 1.165) is 30.4 Å². The number of aryl methyl sites for hydroxylation is 1. The van der Waals surface area contributed by atoms with E-state index < -0.39 is 6.04 Å². The second-order valence-corrected chi connectivity index (χ2v) is 11.2. The standard InChI is InChI=1S/C29H32N2O3/c1-19-7-9-24(10-8-19)31-26(32)14-25(27(31)33)30(18-20-5-3-2-4-6-20)28(34)29-15-21-11-22(16-29)13-23(12-21)17-29/h2-10,21-23,25H,11-18H2,1H3. The Labute approximate surface area is 201 Å². The number of hydrogen-bond donors (Lipinski definition) is 0. The Hall–Kier alpha value is -2.95. The highest BCUT2D eigenvalue weighted by Gasteiger charge is 2.57. The van der Waals surface area contributed by atoms with Crippen molar-refractivity contribution in [3.63, 3.8) is 0 Å². The molecule has 3 amide bonds. The third-order valence-electron chi connectivity index (χ3n) is 8.74. The number of rotatable bonds is 5. The van der Waals surface area contributed by atoms with E-state index in [2.05, 4.69) is 0 Å². The molecule has 5 fully saturated rings. The van der Waals surface area contributed by atoms with Crippen molar-refractivity contribution in [2.24, 2.45) is 23.2 Å². The van der Waals surface area contributed by atoms with E-state index in [-0.39, 0.29) is 29.6 Å². The number of hydrogen-bond acceptors (Lipinski definition) is 3. The zero-order chi connectivity index (χ0) is 23.4. The predicted octanol–water partition coefficient (Wildman–Crippen LogP) is 4.87. The molecule has 0 radical (unpaired) electrons. The van der Waals surface area contributed by atoms with Crippen molar-refractivity contribution >= 4 is 23.4 Å². The molecule has 1 heterocycles. The number of nitrogens with zero attached hydrogens (tertiary/aromatic N) is 2. The van der Waals surface area contributed by atoms with Crippen LogP contribution in [-0.4, -0.2) is 28.7 Å². The Morgan fingerprint density at radius 1 is 0.912 bits per heavy atom. The van der Waals surface area contributed by atoms with Crippen LogP contribution in [0.3, 0.4) is 0 Å². The van der Waals surface area contributed by atoms with Gasteiger partial charge in [0.05, 0.1) is 17.5 Å². The first-order valence-electron chi connectivity index (χ1n) is 12.7. The number of amides is 3. The number of carbonyl (C=O) groups is 3. The molecular formula is C29H32N2O3. The van der Waals surface area contributed by atoms with E-state index >= 15 is 0 Å². The molecule has 176 valence electrons. The molecule has 5 nitrogen and oxygen atoms in total. The normalized spacial score (nSPS) is 31.9. The summed E-state index contributed by atoms with van der Waals surface area (Å²) in [7, 11) is 0. The van der Waals surface area contributed by atoms with E-state index in [4.69, 9.17) is 0 Å². The molecule has 4 saturated carbocycles. The van der Waals surface area contributed by atoms with Crippen molar-refractivity contribution < 1.29 is 14.4 Å². The molecule has 1 unspecified atom stereocenters. The predicted molar refractivity (Wildman–Crippen MR) is 130 cm³/mol. The lowest BCUT2D eigenvalue weighted by molar-refractivity contribution is -0.162. The molecule has 0 N–H and O–H groups in total. The van der Waals surface area contributed by atoms with Crippen molar-refractivity contribution in [2.45, 2.75) is 64.5 Å². The lowest BCUT2D eigenvalue weighted by Crippen LogP contribution is -2.57. The molecule has 7 rings (SSSR count). The van der Waals surface area contributed by atoms with Crippen LogP contribution in [0.2, 0.25) is 0 Å². The number of benzene rings is 2. The van der Waals surface area contributed by atoms with Gasteiger partial charge in [0.2, 0.25) is 11.8 Å². The van der Waals surface area contributed by atoms with Gasteiger partial charge < -0.3 is 4.90 Å². The fourth-order valence-electron chi connectivity index (χ4n) is 7.61. The molecule has 34 heavy (non-hydrogen) atoms. The van der Waals surface area contributed by atoms with Gasteiger partial charge in [0.15, 0.2) is 0 Å². The zero-order valence-electron chi connectivity index (χ0n) is 19.8. The minimum atomic E-state index is -0.741. The van der Waals surface area contributed by atoms with Crippen LogP contribution in [0.4, 0.5) is 5.69 Å². The molecule has 1 atom stereocenters. The Balaban J connectivity index is 1.34. The molecule has 1 saturated heterocycles. The Morgan fingerprint density at radius 3 is 2.09 bits per heavy atom. The number of imide groups is 1. The first kappa shape index (κ1) is 21.6. The van der Waals surface area contributed by atoms with Crippen LogP contribution in [0.1, 0.15) is 56.1 Å². The van der Waals surface area contributed by atoms with Gasteiger partial charge in [-0.2, -0.15) is 0 Å². The average molecular weight is 457 g/mol. The summed E-state index contributed by atoms with van der Waals surface area (Å²) in [5, 5.41) is 0. The molecule has 5 aliphatic rings. The third-order valence-corrected chi connectivity index (χ3v) is 8.74. The van der Waals surface area contributed by atoms with Crippen molar-refractivity contribution in [3.8, 4) is 0 Å². The van der Waals surface area contributed by atoms with Crippen LogP contribution in [0.5, 0.6) is 0 Å². The fraction of sp³-hybridized carbons (Fsp3) is 0.483. The lowest BCUT2D eigenvalue weighted by Gasteiger charge is -2.57. The molecule has 2 aromatic rings. The largest absolute Gasteiger partial charge is 0.325 e. The van der Waals surface area contributed by atoms with Gasteiger partial charge in [-0.15, -0.1) is 0 Å². The van der Waals surface area contributed by atoms with E-state index in [0.29, 0.717) is 30.0 Å². The van der Waals surface area contributed by atoms with Gasteiger partial charge in [-0.1, -0.05) is 48.0 Å². The summed E-state index contributed by atoms with van der Waals surface area (Å²) in [4.78, 5) is 44.2. The first-order chi connectivity index (χ1) is 16.4. The molecular weight excluding hydrogens is 424 g/mol. The molecule has 2 aromatic carbocycles. The topological polar surface area (TPSA) is 57.7 Å². The highest BCUT2D eigenvalue weighted by Crippen LogP contribution is 2.60. The quantitative estimate of drug-likeness (QED) is 0.603. The second kappa shape index (κ2) is 8.07. The lowest BCUT2D eigenvalue weighted by atomic mass is 9.49. The summed E-state index contributed by atoms with van der Waals surface area (Å²) < 4.78 is 0. The van der Waals surface area contributed by atoms with Crippen LogP contribution in [0.15, 0.2) is 54.6 Å². The average Bonchev–Trinajstić information content (AvgIpc) is 3.11. The van der Waals surface area contributed by atoms with Gasteiger partial charge in [0, 0.05) is 6.54 Å². The van der Waals surface area contributed by atoms with E-state index in [9.17, 15) is 14.4 Å². The Morgan fingerprint density at radius 2 is 1.50 bits per heavy atom. The molecule has 0 spiro atoms. The van der Waals surface area contributed by atoms with Crippen molar-refractivity contribution in [2.75, 3.05) is 4.90 Å². The van der Waals surface area contributed by atoms with Gasteiger partial charge in [-0.3, -0.25) is 14.4 Å². The number of anilines is 1. The van der Waals surface area contributed by atoms with Gasteiger partial charge in [0.25, 0.3) is 5.91 Å². The summed E-state index contributed by atoms with van der Waals surface area (Å²) in [6, 6.07) is 16.6. The first-order valence-corrected chi connectivity index (χ1v) is 12.7. The fourth-order valence-corrected chi connectivity index (χ4v) is 7.61. The van der Waals surface area contributed by atoms with Gasteiger partial charge >= 0.3 is 0 Å². The molecule has 1 aliphatic heterocycles. The van der Waals surface area contributed by atoms with Crippen LogP contribution >= 0.6 is 0 Å². The maximum atomic E-state index is 14.4. The van der Waals surface area contributed by atoms with Crippen molar-refractivity contribution in [1.82, 2.24) is 4.90 Å². The van der Waals surface area contributed by atoms with Gasteiger partial charge in [-0.05, 0) is 80.9 Å². The van der Waals surface area contributed by atoms with Crippen LogP contribution in [0.25, 0.3) is 0 Å². The van der Waals surface area contributed by atoms with E-state index in [1.54, 1.807) is 4.90 Å². The zero-order valence-corrected chi connectivity index (χ0v) is 19.8. The van der Waals surface area contributed by atoms with Gasteiger partial charge in [-0.25, -0.2) is 4.90 Å². The highest BCUT2D eigenvalue weighted by molar-refractivity contribution is 6.23. The van der Waals surface area contributed by atoms with Crippen LogP contribution in [-0.2, 0) is 20.9 Å².